The monoisotopic (exact) mass is 297 g/mol. The van der Waals surface area contributed by atoms with Crippen LogP contribution in [-0.4, -0.2) is 35.9 Å². The molecule has 0 aromatic heterocycles. The number of carbonyl (C=O) groups is 2. The molecule has 4 nitrogen and oxygen atoms in total. The number of carboxylic acid groups (broad SMARTS) is 1. The van der Waals surface area contributed by atoms with Crippen LogP contribution in [0.15, 0.2) is 18.2 Å². The number of hydrogen-bond acceptors (Lipinski definition) is 2. The SMILES string of the molecule is O=C(O)c1ccc(C(=O)NCC(F)(F)C(F)F)c(F)c1. The summed E-state index contributed by atoms with van der Waals surface area (Å²) < 4.78 is 62.2. The fraction of sp³-hybridized carbons (Fsp3) is 0.273. The van der Waals surface area contributed by atoms with E-state index < -0.39 is 47.7 Å². The molecule has 0 aliphatic rings. The molecule has 110 valence electrons. The van der Waals surface area contributed by atoms with Crippen molar-refractivity contribution in [1.29, 1.82) is 0 Å². The highest BCUT2D eigenvalue weighted by Crippen LogP contribution is 2.21. The normalized spacial score (nSPS) is 11.5. The van der Waals surface area contributed by atoms with Crippen molar-refractivity contribution >= 4 is 11.9 Å². The highest BCUT2D eigenvalue weighted by molar-refractivity contribution is 5.96. The average molecular weight is 297 g/mol. The zero-order valence-electron chi connectivity index (χ0n) is 9.67. The molecule has 0 fully saturated rings. The third kappa shape index (κ3) is 3.65. The van der Waals surface area contributed by atoms with Crippen LogP contribution in [0.5, 0.6) is 0 Å². The van der Waals surface area contributed by atoms with Gasteiger partial charge in [-0.15, -0.1) is 0 Å². The number of carbonyl (C=O) groups excluding carboxylic acids is 1. The lowest BCUT2D eigenvalue weighted by molar-refractivity contribution is -0.123. The van der Waals surface area contributed by atoms with Crippen molar-refractivity contribution in [3.05, 3.63) is 35.1 Å². The van der Waals surface area contributed by atoms with E-state index in [0.717, 1.165) is 12.1 Å². The Morgan fingerprint density at radius 2 is 1.90 bits per heavy atom. The standard InChI is InChI=1S/C11H8F5NO3/c12-7-3-5(9(19)20)1-2-6(7)8(18)17-4-11(15,16)10(13)14/h1-3,10H,4H2,(H,17,18)(H,19,20). The summed E-state index contributed by atoms with van der Waals surface area (Å²) in [5.41, 5.74) is -1.17. The zero-order chi connectivity index (χ0) is 15.5. The summed E-state index contributed by atoms with van der Waals surface area (Å²) in [6, 6.07) is 2.16. The van der Waals surface area contributed by atoms with Gasteiger partial charge in [0.25, 0.3) is 5.91 Å². The first kappa shape index (κ1) is 15.9. The molecule has 0 saturated heterocycles. The van der Waals surface area contributed by atoms with Gasteiger partial charge in [-0.3, -0.25) is 4.79 Å². The number of aromatic carboxylic acids is 1. The van der Waals surface area contributed by atoms with Crippen molar-refractivity contribution < 1.29 is 36.6 Å². The Morgan fingerprint density at radius 3 is 2.35 bits per heavy atom. The van der Waals surface area contributed by atoms with Crippen molar-refractivity contribution in [2.45, 2.75) is 12.3 Å². The van der Waals surface area contributed by atoms with Crippen molar-refractivity contribution in [3.8, 4) is 0 Å². The molecule has 1 rings (SSSR count). The fourth-order valence-corrected chi connectivity index (χ4v) is 1.20. The van der Waals surface area contributed by atoms with Gasteiger partial charge in [0.1, 0.15) is 5.82 Å². The van der Waals surface area contributed by atoms with E-state index in [1.807, 2.05) is 0 Å². The van der Waals surface area contributed by atoms with Gasteiger partial charge in [0.2, 0.25) is 0 Å². The quantitative estimate of drug-likeness (QED) is 0.818. The minimum Gasteiger partial charge on any atom is -0.478 e. The van der Waals surface area contributed by atoms with Gasteiger partial charge < -0.3 is 10.4 Å². The number of halogens is 5. The Morgan fingerprint density at radius 1 is 1.30 bits per heavy atom. The molecule has 1 aromatic rings. The lowest BCUT2D eigenvalue weighted by Gasteiger charge is -2.15. The van der Waals surface area contributed by atoms with Crippen molar-refractivity contribution in [2.24, 2.45) is 0 Å². The van der Waals surface area contributed by atoms with Crippen LogP contribution < -0.4 is 5.32 Å². The molecule has 0 unspecified atom stereocenters. The van der Waals surface area contributed by atoms with Crippen LogP contribution in [0.1, 0.15) is 20.7 Å². The number of benzene rings is 1. The van der Waals surface area contributed by atoms with Crippen molar-refractivity contribution in [3.63, 3.8) is 0 Å². The van der Waals surface area contributed by atoms with E-state index in [1.165, 1.54) is 5.32 Å². The lowest BCUT2D eigenvalue weighted by atomic mass is 10.1. The Hall–Kier alpha value is -2.19. The summed E-state index contributed by atoms with van der Waals surface area (Å²) in [6.45, 7) is -1.66. The molecule has 0 atom stereocenters. The predicted molar refractivity (Wildman–Crippen MR) is 56.6 cm³/mol. The first-order valence-electron chi connectivity index (χ1n) is 5.12. The van der Waals surface area contributed by atoms with Crippen molar-refractivity contribution in [1.82, 2.24) is 5.32 Å². The molecule has 1 aromatic carbocycles. The fourth-order valence-electron chi connectivity index (χ4n) is 1.20. The lowest BCUT2D eigenvalue weighted by Crippen LogP contribution is -2.41. The van der Waals surface area contributed by atoms with E-state index in [1.54, 1.807) is 0 Å². The number of hydrogen-bond donors (Lipinski definition) is 2. The molecule has 0 aliphatic heterocycles. The molecular formula is C11H8F5NO3. The minimum atomic E-state index is -4.44. The van der Waals surface area contributed by atoms with Crippen LogP contribution in [0.4, 0.5) is 22.0 Å². The number of amides is 1. The smallest absolute Gasteiger partial charge is 0.335 e. The molecule has 0 heterocycles. The third-order valence-electron chi connectivity index (χ3n) is 2.26. The molecule has 1 amide bonds. The van der Waals surface area contributed by atoms with E-state index in [2.05, 4.69) is 0 Å². The number of alkyl halides is 4. The first-order chi connectivity index (χ1) is 9.15. The van der Waals surface area contributed by atoms with Gasteiger partial charge in [0.15, 0.2) is 0 Å². The highest BCUT2D eigenvalue weighted by atomic mass is 19.3. The van der Waals surface area contributed by atoms with Crippen LogP contribution in [0, 0.1) is 5.82 Å². The molecule has 0 spiro atoms. The number of carboxylic acids is 1. The summed E-state index contributed by atoms with van der Waals surface area (Å²) >= 11 is 0. The predicted octanol–water partition coefficient (Wildman–Crippen LogP) is 2.15. The second kappa shape index (κ2) is 5.85. The second-order valence-electron chi connectivity index (χ2n) is 3.74. The maximum Gasteiger partial charge on any atom is 0.335 e. The van der Waals surface area contributed by atoms with E-state index in [4.69, 9.17) is 5.11 Å². The maximum absolute atomic E-state index is 13.4. The van der Waals surface area contributed by atoms with Crippen LogP contribution in [0.2, 0.25) is 0 Å². The Bertz CT molecular complexity index is 533. The average Bonchev–Trinajstić information content (AvgIpc) is 2.35. The van der Waals surface area contributed by atoms with Crippen LogP contribution in [0.3, 0.4) is 0 Å². The Labute approximate surface area is 109 Å². The van der Waals surface area contributed by atoms with Crippen LogP contribution in [-0.2, 0) is 0 Å². The summed E-state index contributed by atoms with van der Waals surface area (Å²) in [4.78, 5) is 21.9. The van der Waals surface area contributed by atoms with Gasteiger partial charge in [-0.2, -0.15) is 8.78 Å². The zero-order valence-corrected chi connectivity index (χ0v) is 9.67. The molecule has 0 aliphatic carbocycles. The van der Waals surface area contributed by atoms with Gasteiger partial charge in [-0.25, -0.2) is 18.0 Å². The molecular weight excluding hydrogens is 289 g/mol. The molecule has 9 heteroatoms. The van der Waals surface area contributed by atoms with Crippen LogP contribution in [0.25, 0.3) is 0 Å². The maximum atomic E-state index is 13.4. The van der Waals surface area contributed by atoms with Gasteiger partial charge in [0.05, 0.1) is 17.7 Å². The third-order valence-corrected chi connectivity index (χ3v) is 2.26. The van der Waals surface area contributed by atoms with E-state index in [-0.39, 0.29) is 0 Å². The first-order valence-corrected chi connectivity index (χ1v) is 5.12. The summed E-state index contributed by atoms with van der Waals surface area (Å²) in [7, 11) is 0. The van der Waals surface area contributed by atoms with E-state index in [0.29, 0.717) is 6.07 Å². The summed E-state index contributed by atoms with van der Waals surface area (Å²) in [5.74, 6) is -8.49. The largest absolute Gasteiger partial charge is 0.478 e. The topological polar surface area (TPSA) is 66.4 Å². The second-order valence-corrected chi connectivity index (χ2v) is 3.74. The van der Waals surface area contributed by atoms with Gasteiger partial charge >= 0.3 is 18.3 Å². The molecule has 20 heavy (non-hydrogen) atoms. The summed E-state index contributed by atoms with van der Waals surface area (Å²) in [5, 5.41) is 10.0. The van der Waals surface area contributed by atoms with Gasteiger partial charge in [-0.05, 0) is 18.2 Å². The minimum absolute atomic E-state index is 0.447. The summed E-state index contributed by atoms with van der Waals surface area (Å²) in [6.07, 6.45) is -3.97. The Kier molecular flexibility index (Phi) is 4.64. The van der Waals surface area contributed by atoms with E-state index in [9.17, 15) is 31.5 Å². The van der Waals surface area contributed by atoms with Crippen LogP contribution >= 0.6 is 0 Å². The molecule has 0 saturated carbocycles. The molecule has 0 radical (unpaired) electrons. The number of nitrogens with one attached hydrogen (secondary N) is 1. The van der Waals surface area contributed by atoms with E-state index >= 15 is 0 Å². The van der Waals surface area contributed by atoms with Gasteiger partial charge in [0, 0.05) is 0 Å². The van der Waals surface area contributed by atoms with Crippen molar-refractivity contribution in [2.75, 3.05) is 6.54 Å². The highest BCUT2D eigenvalue weighted by Gasteiger charge is 2.41. The van der Waals surface area contributed by atoms with Gasteiger partial charge in [-0.1, -0.05) is 0 Å². The number of rotatable bonds is 5. The molecule has 2 N–H and O–H groups in total. The molecule has 0 bridgehead atoms. The Balaban J connectivity index is 2.81.